The molecule has 1 amide bonds. The predicted molar refractivity (Wildman–Crippen MR) is 67.3 cm³/mol. The van der Waals surface area contributed by atoms with Crippen LogP contribution in [-0.4, -0.2) is 34.1 Å². The van der Waals surface area contributed by atoms with Gasteiger partial charge in [0, 0.05) is 6.08 Å². The van der Waals surface area contributed by atoms with Crippen molar-refractivity contribution in [3.63, 3.8) is 0 Å². The molecule has 0 aliphatic rings. The van der Waals surface area contributed by atoms with Crippen molar-refractivity contribution in [1.29, 1.82) is 0 Å². The molecule has 0 saturated carbocycles. The molecule has 0 aliphatic heterocycles. The molecule has 3 N–H and O–H groups in total. The molecule has 19 heavy (non-hydrogen) atoms. The fraction of sp³-hybridized carbons (Fsp3) is 0.154. The number of benzene rings is 1. The highest BCUT2D eigenvalue weighted by Crippen LogP contribution is 2.01. The Morgan fingerprint density at radius 3 is 2.32 bits per heavy atom. The summed E-state index contributed by atoms with van der Waals surface area (Å²) in [5, 5.41) is 19.4. The highest BCUT2D eigenvalue weighted by Gasteiger charge is 2.21. The zero-order valence-electron chi connectivity index (χ0n) is 9.95. The molecule has 6 nitrogen and oxygen atoms in total. The molecular weight excluding hydrogens is 250 g/mol. The maximum absolute atomic E-state index is 11.5. The summed E-state index contributed by atoms with van der Waals surface area (Å²) in [6.45, 7) is 0. The number of carboxylic acid groups (broad SMARTS) is 2. The lowest BCUT2D eigenvalue weighted by Gasteiger charge is -2.10. The van der Waals surface area contributed by atoms with Crippen LogP contribution in [0.1, 0.15) is 12.0 Å². The molecular formula is C13H13NO5. The van der Waals surface area contributed by atoms with Crippen molar-refractivity contribution in [3.8, 4) is 0 Å². The molecule has 0 fully saturated rings. The molecule has 0 spiro atoms. The number of carbonyl (C=O) groups excluding carboxylic acids is 1. The van der Waals surface area contributed by atoms with Crippen molar-refractivity contribution >= 4 is 23.9 Å². The lowest BCUT2D eigenvalue weighted by Crippen LogP contribution is -2.41. The molecule has 1 aromatic rings. The van der Waals surface area contributed by atoms with Gasteiger partial charge in [0.2, 0.25) is 5.91 Å². The van der Waals surface area contributed by atoms with E-state index >= 15 is 0 Å². The number of aliphatic carboxylic acids is 2. The Kier molecular flexibility index (Phi) is 5.28. The van der Waals surface area contributed by atoms with E-state index in [2.05, 4.69) is 5.32 Å². The molecule has 1 aromatic carbocycles. The van der Waals surface area contributed by atoms with Gasteiger partial charge >= 0.3 is 11.9 Å². The fourth-order valence-corrected chi connectivity index (χ4v) is 1.33. The van der Waals surface area contributed by atoms with E-state index < -0.39 is 30.3 Å². The Bertz CT molecular complexity index is 495. The monoisotopic (exact) mass is 263 g/mol. The van der Waals surface area contributed by atoms with Crippen LogP contribution in [0, 0.1) is 0 Å². The highest BCUT2D eigenvalue weighted by atomic mass is 16.4. The summed E-state index contributed by atoms with van der Waals surface area (Å²) in [6, 6.07) is 7.52. The largest absolute Gasteiger partial charge is 0.481 e. The Morgan fingerprint density at radius 1 is 1.16 bits per heavy atom. The van der Waals surface area contributed by atoms with Gasteiger partial charge < -0.3 is 15.5 Å². The number of rotatable bonds is 6. The van der Waals surface area contributed by atoms with E-state index in [9.17, 15) is 14.4 Å². The lowest BCUT2D eigenvalue weighted by atomic mass is 10.2. The van der Waals surface area contributed by atoms with Gasteiger partial charge in [-0.3, -0.25) is 9.59 Å². The van der Waals surface area contributed by atoms with Gasteiger partial charge in [0.1, 0.15) is 6.04 Å². The maximum Gasteiger partial charge on any atom is 0.326 e. The smallest absolute Gasteiger partial charge is 0.326 e. The molecule has 0 aromatic heterocycles. The minimum Gasteiger partial charge on any atom is -0.481 e. The van der Waals surface area contributed by atoms with Crippen molar-refractivity contribution in [1.82, 2.24) is 5.32 Å². The van der Waals surface area contributed by atoms with E-state index in [-0.39, 0.29) is 0 Å². The lowest BCUT2D eigenvalue weighted by molar-refractivity contribution is -0.146. The molecule has 1 atom stereocenters. The van der Waals surface area contributed by atoms with Gasteiger partial charge in [0.25, 0.3) is 0 Å². The van der Waals surface area contributed by atoms with Crippen LogP contribution in [0.15, 0.2) is 36.4 Å². The van der Waals surface area contributed by atoms with Crippen LogP contribution in [0.4, 0.5) is 0 Å². The molecule has 0 saturated heterocycles. The first-order chi connectivity index (χ1) is 8.99. The summed E-state index contributed by atoms with van der Waals surface area (Å²) in [7, 11) is 0. The van der Waals surface area contributed by atoms with Crippen molar-refractivity contribution in [2.45, 2.75) is 12.5 Å². The Hall–Kier alpha value is -2.63. The van der Waals surface area contributed by atoms with E-state index in [1.807, 2.05) is 6.07 Å². The molecule has 0 aliphatic carbocycles. The van der Waals surface area contributed by atoms with Crippen LogP contribution in [-0.2, 0) is 14.4 Å². The van der Waals surface area contributed by atoms with Gasteiger partial charge in [-0.15, -0.1) is 0 Å². The molecule has 0 bridgehead atoms. The van der Waals surface area contributed by atoms with Crippen LogP contribution in [0.5, 0.6) is 0 Å². The summed E-state index contributed by atoms with van der Waals surface area (Å²) in [4.78, 5) is 32.6. The topological polar surface area (TPSA) is 104 Å². The second kappa shape index (κ2) is 6.95. The van der Waals surface area contributed by atoms with Crippen LogP contribution in [0.25, 0.3) is 6.08 Å². The van der Waals surface area contributed by atoms with Gasteiger partial charge in [-0.1, -0.05) is 30.3 Å². The third-order valence-electron chi connectivity index (χ3n) is 2.22. The van der Waals surface area contributed by atoms with Gasteiger partial charge in [0.05, 0.1) is 6.42 Å². The van der Waals surface area contributed by atoms with Crippen molar-refractivity contribution in [3.05, 3.63) is 42.0 Å². The van der Waals surface area contributed by atoms with E-state index in [1.165, 1.54) is 6.08 Å². The number of hydrogen-bond acceptors (Lipinski definition) is 3. The normalized spacial score (nSPS) is 12.0. The first kappa shape index (κ1) is 14.4. The third-order valence-corrected chi connectivity index (χ3v) is 2.22. The Morgan fingerprint density at radius 2 is 1.79 bits per heavy atom. The molecule has 0 heterocycles. The summed E-state index contributed by atoms with van der Waals surface area (Å²) in [5.74, 6) is -3.33. The summed E-state index contributed by atoms with van der Waals surface area (Å²) >= 11 is 0. The second-order valence-corrected chi connectivity index (χ2v) is 3.74. The number of carbonyl (C=O) groups is 3. The number of hydrogen-bond donors (Lipinski definition) is 3. The van der Waals surface area contributed by atoms with Crippen LogP contribution in [0.3, 0.4) is 0 Å². The van der Waals surface area contributed by atoms with E-state index in [4.69, 9.17) is 10.2 Å². The Labute approximate surface area is 109 Å². The van der Waals surface area contributed by atoms with Crippen molar-refractivity contribution in [2.24, 2.45) is 0 Å². The van der Waals surface area contributed by atoms with Crippen LogP contribution < -0.4 is 5.32 Å². The summed E-state index contributed by atoms with van der Waals surface area (Å²) in [5.41, 5.74) is 0.780. The van der Waals surface area contributed by atoms with Gasteiger partial charge in [-0.25, -0.2) is 4.79 Å². The van der Waals surface area contributed by atoms with Gasteiger partial charge in [-0.2, -0.15) is 0 Å². The summed E-state index contributed by atoms with van der Waals surface area (Å²) in [6.07, 6.45) is 2.00. The Balaban J connectivity index is 2.60. The minimum absolute atomic E-state index is 0.655. The third kappa shape index (κ3) is 5.49. The number of nitrogens with one attached hydrogen (secondary N) is 1. The molecule has 0 unspecified atom stereocenters. The molecule has 100 valence electrons. The first-order valence-corrected chi connectivity index (χ1v) is 5.47. The molecule has 0 radical (unpaired) electrons. The summed E-state index contributed by atoms with van der Waals surface area (Å²) < 4.78 is 0. The van der Waals surface area contributed by atoms with Gasteiger partial charge in [0.15, 0.2) is 0 Å². The maximum atomic E-state index is 11.5. The zero-order valence-corrected chi connectivity index (χ0v) is 9.95. The SMILES string of the molecule is O=C(O)C[C@@H](NC(=O)/C=C/c1ccccc1)C(=O)O. The standard InChI is InChI=1S/C13H13NO5/c15-11(7-6-9-4-2-1-3-5-9)14-10(13(18)19)8-12(16)17/h1-7,10H,8H2,(H,14,15)(H,16,17)(H,18,19)/b7-6+/t10-/m1/s1. The van der Waals surface area contributed by atoms with E-state index in [0.717, 1.165) is 11.6 Å². The molecule has 1 rings (SSSR count). The second-order valence-electron chi connectivity index (χ2n) is 3.74. The predicted octanol–water partition coefficient (Wildman–Crippen LogP) is 0.744. The molecule has 6 heteroatoms. The van der Waals surface area contributed by atoms with Crippen molar-refractivity contribution in [2.75, 3.05) is 0 Å². The van der Waals surface area contributed by atoms with E-state index in [0.29, 0.717) is 0 Å². The first-order valence-electron chi connectivity index (χ1n) is 5.47. The van der Waals surface area contributed by atoms with Gasteiger partial charge in [-0.05, 0) is 11.6 Å². The minimum atomic E-state index is -1.44. The quantitative estimate of drug-likeness (QED) is 0.657. The van der Waals surface area contributed by atoms with Crippen LogP contribution >= 0.6 is 0 Å². The van der Waals surface area contributed by atoms with Crippen LogP contribution in [0.2, 0.25) is 0 Å². The fourth-order valence-electron chi connectivity index (χ4n) is 1.33. The zero-order chi connectivity index (χ0) is 14.3. The highest BCUT2D eigenvalue weighted by molar-refractivity contribution is 5.95. The average Bonchev–Trinajstić information content (AvgIpc) is 2.36. The average molecular weight is 263 g/mol. The number of carboxylic acids is 2. The van der Waals surface area contributed by atoms with E-state index in [1.54, 1.807) is 24.3 Å². The number of amides is 1. The van der Waals surface area contributed by atoms with Crippen molar-refractivity contribution < 1.29 is 24.6 Å².